The summed E-state index contributed by atoms with van der Waals surface area (Å²) in [4.78, 5) is 4.56. The maximum absolute atomic E-state index is 12.7. The van der Waals surface area contributed by atoms with Crippen LogP contribution in [0.1, 0.15) is 41.6 Å². The molecule has 4 rings (SSSR count). The van der Waals surface area contributed by atoms with Gasteiger partial charge in [0, 0.05) is 17.4 Å². The lowest BCUT2D eigenvalue weighted by molar-refractivity contribution is -0.0512. The second-order valence-corrected chi connectivity index (χ2v) is 6.37. The Morgan fingerprint density at radius 3 is 2.77 bits per heavy atom. The second kappa shape index (κ2) is 6.64. The van der Waals surface area contributed by atoms with Gasteiger partial charge in [0.25, 0.3) is 0 Å². The molecule has 26 heavy (non-hydrogen) atoms. The van der Waals surface area contributed by atoms with Crippen molar-refractivity contribution in [3.63, 3.8) is 0 Å². The van der Waals surface area contributed by atoms with Gasteiger partial charge in [-0.05, 0) is 36.1 Å². The Morgan fingerprint density at radius 2 is 2.08 bits per heavy atom. The molecule has 7 nitrogen and oxygen atoms in total. The number of aliphatic hydroxyl groups excluding tert-OH is 1. The van der Waals surface area contributed by atoms with Crippen LogP contribution >= 0.6 is 0 Å². The van der Waals surface area contributed by atoms with Crippen molar-refractivity contribution < 1.29 is 27.9 Å². The SMILES string of the molecule is COc1cc2c(cc1OC(F)F)C=NC1CCC(O)C(c3cnno3)C21. The molecular formula is C17H17F2N3O4. The van der Waals surface area contributed by atoms with E-state index in [0.29, 0.717) is 24.2 Å². The Kier molecular flexibility index (Phi) is 4.31. The molecule has 2 aromatic rings. The zero-order chi connectivity index (χ0) is 18.3. The molecule has 1 saturated carbocycles. The number of rotatable bonds is 4. The minimum Gasteiger partial charge on any atom is -0.493 e. The summed E-state index contributed by atoms with van der Waals surface area (Å²) in [6, 6.07) is 3.09. The van der Waals surface area contributed by atoms with Crippen molar-refractivity contribution >= 4 is 6.21 Å². The van der Waals surface area contributed by atoms with Gasteiger partial charge in [0.05, 0.1) is 31.4 Å². The van der Waals surface area contributed by atoms with Gasteiger partial charge in [0.15, 0.2) is 17.3 Å². The van der Waals surface area contributed by atoms with Crippen molar-refractivity contribution in [3.05, 3.63) is 35.2 Å². The summed E-state index contributed by atoms with van der Waals surface area (Å²) in [5.74, 6) is 0.0321. The molecule has 1 fully saturated rings. The van der Waals surface area contributed by atoms with E-state index in [1.807, 2.05) is 0 Å². The predicted molar refractivity (Wildman–Crippen MR) is 86.0 cm³/mol. The second-order valence-electron chi connectivity index (χ2n) is 6.37. The third-order valence-electron chi connectivity index (χ3n) is 5.03. The van der Waals surface area contributed by atoms with Crippen molar-refractivity contribution in [2.24, 2.45) is 4.99 Å². The molecule has 9 heteroatoms. The first-order valence-electron chi connectivity index (χ1n) is 8.23. The Hall–Kier alpha value is -2.55. The van der Waals surface area contributed by atoms with Crippen LogP contribution in [-0.2, 0) is 0 Å². The normalized spacial score (nSPS) is 27.1. The van der Waals surface area contributed by atoms with E-state index in [-0.39, 0.29) is 29.4 Å². The maximum Gasteiger partial charge on any atom is 0.387 e. The highest BCUT2D eigenvalue weighted by Crippen LogP contribution is 2.49. The highest BCUT2D eigenvalue weighted by molar-refractivity contribution is 5.85. The number of aliphatic imine (C=N–C) groups is 1. The molecule has 0 amide bonds. The Balaban J connectivity index is 1.81. The zero-order valence-electron chi connectivity index (χ0n) is 13.9. The molecule has 2 heterocycles. The van der Waals surface area contributed by atoms with Crippen LogP contribution in [0.5, 0.6) is 11.5 Å². The van der Waals surface area contributed by atoms with E-state index in [9.17, 15) is 13.9 Å². The zero-order valence-corrected chi connectivity index (χ0v) is 13.9. The number of aliphatic hydroxyl groups is 1. The van der Waals surface area contributed by atoms with Gasteiger partial charge < -0.3 is 19.1 Å². The van der Waals surface area contributed by atoms with Gasteiger partial charge in [0.1, 0.15) is 0 Å². The first kappa shape index (κ1) is 16.9. The molecule has 1 N–H and O–H groups in total. The largest absolute Gasteiger partial charge is 0.493 e. The van der Waals surface area contributed by atoms with Gasteiger partial charge in [-0.3, -0.25) is 4.99 Å². The van der Waals surface area contributed by atoms with E-state index >= 15 is 0 Å². The van der Waals surface area contributed by atoms with E-state index in [4.69, 9.17) is 9.26 Å². The Labute approximate surface area is 147 Å². The number of halogens is 2. The molecule has 0 radical (unpaired) electrons. The molecule has 1 aliphatic carbocycles. The van der Waals surface area contributed by atoms with E-state index in [0.717, 1.165) is 5.56 Å². The van der Waals surface area contributed by atoms with Crippen molar-refractivity contribution in [1.29, 1.82) is 0 Å². The van der Waals surface area contributed by atoms with E-state index in [1.165, 1.54) is 19.4 Å². The van der Waals surface area contributed by atoms with Crippen LogP contribution in [-0.4, -0.2) is 47.6 Å². The van der Waals surface area contributed by atoms with Crippen molar-refractivity contribution in [3.8, 4) is 11.5 Å². The number of nitrogens with zero attached hydrogens (tertiary/aromatic N) is 3. The lowest BCUT2D eigenvalue weighted by atomic mass is 9.68. The van der Waals surface area contributed by atoms with Crippen LogP contribution in [0.4, 0.5) is 8.78 Å². The average Bonchev–Trinajstić information content (AvgIpc) is 3.14. The predicted octanol–water partition coefficient (Wildman–Crippen LogP) is 2.50. The van der Waals surface area contributed by atoms with Crippen LogP contribution < -0.4 is 9.47 Å². The van der Waals surface area contributed by atoms with Crippen LogP contribution in [0.3, 0.4) is 0 Å². The minimum atomic E-state index is -2.96. The number of methoxy groups -OCH3 is 1. The van der Waals surface area contributed by atoms with E-state index < -0.39 is 12.7 Å². The van der Waals surface area contributed by atoms with Crippen molar-refractivity contribution in [2.45, 2.75) is 43.4 Å². The van der Waals surface area contributed by atoms with Gasteiger partial charge >= 0.3 is 6.61 Å². The number of fused-ring (bicyclic) bond motifs is 3. The number of benzene rings is 1. The molecule has 0 saturated heterocycles. The van der Waals surface area contributed by atoms with Crippen molar-refractivity contribution in [2.75, 3.05) is 7.11 Å². The van der Waals surface area contributed by atoms with Crippen molar-refractivity contribution in [1.82, 2.24) is 10.4 Å². The lowest BCUT2D eigenvalue weighted by Crippen LogP contribution is -2.39. The number of aromatic nitrogens is 2. The summed E-state index contributed by atoms with van der Waals surface area (Å²) >= 11 is 0. The summed E-state index contributed by atoms with van der Waals surface area (Å²) < 4.78 is 40.3. The van der Waals surface area contributed by atoms with Crippen LogP contribution in [0.15, 0.2) is 27.8 Å². The molecule has 1 aromatic carbocycles. The van der Waals surface area contributed by atoms with Gasteiger partial charge in [-0.1, -0.05) is 0 Å². The monoisotopic (exact) mass is 365 g/mol. The first-order valence-corrected chi connectivity index (χ1v) is 8.23. The fraction of sp³-hybridized carbons (Fsp3) is 0.471. The highest BCUT2D eigenvalue weighted by atomic mass is 19.3. The average molecular weight is 365 g/mol. The highest BCUT2D eigenvalue weighted by Gasteiger charge is 2.45. The maximum atomic E-state index is 12.7. The molecular weight excluding hydrogens is 348 g/mol. The smallest absolute Gasteiger partial charge is 0.387 e. The summed E-state index contributed by atoms with van der Waals surface area (Å²) in [5.41, 5.74) is 1.48. The van der Waals surface area contributed by atoms with Gasteiger partial charge in [-0.25, -0.2) is 0 Å². The molecule has 4 unspecified atom stereocenters. The molecule has 1 aromatic heterocycles. The number of hydrogen-bond donors (Lipinski definition) is 1. The summed E-state index contributed by atoms with van der Waals surface area (Å²) in [6.45, 7) is -2.96. The topological polar surface area (TPSA) is 90.0 Å². The fourth-order valence-corrected chi connectivity index (χ4v) is 3.95. The third kappa shape index (κ3) is 2.82. The van der Waals surface area contributed by atoms with Gasteiger partial charge in [-0.2, -0.15) is 8.78 Å². The van der Waals surface area contributed by atoms with Crippen LogP contribution in [0.2, 0.25) is 0 Å². The van der Waals surface area contributed by atoms with Gasteiger partial charge in [-0.15, -0.1) is 5.10 Å². The molecule has 1 aliphatic heterocycles. The molecule has 0 spiro atoms. The number of ether oxygens (including phenoxy) is 2. The number of alkyl halides is 2. The Morgan fingerprint density at radius 1 is 1.23 bits per heavy atom. The fourth-order valence-electron chi connectivity index (χ4n) is 3.95. The summed E-state index contributed by atoms with van der Waals surface area (Å²) in [5, 5.41) is 17.8. The van der Waals surface area contributed by atoms with E-state index in [1.54, 1.807) is 12.3 Å². The molecule has 2 aliphatic rings. The summed E-state index contributed by atoms with van der Waals surface area (Å²) in [6.07, 6.45) is 3.78. The quantitative estimate of drug-likeness (QED) is 0.895. The Bertz CT molecular complexity index is 813. The van der Waals surface area contributed by atoms with E-state index in [2.05, 4.69) is 20.1 Å². The molecule has 4 atom stereocenters. The lowest BCUT2D eigenvalue weighted by Gasteiger charge is -2.40. The first-order chi connectivity index (χ1) is 12.6. The summed E-state index contributed by atoms with van der Waals surface area (Å²) in [7, 11) is 1.39. The number of hydrogen-bond acceptors (Lipinski definition) is 7. The molecule has 0 bridgehead atoms. The minimum absolute atomic E-state index is 0.0552. The van der Waals surface area contributed by atoms with Crippen LogP contribution in [0.25, 0.3) is 0 Å². The van der Waals surface area contributed by atoms with Crippen LogP contribution in [0, 0.1) is 0 Å². The standard InChI is InChI=1S/C17H17F2N3O4/c1-24-12-5-9-8(4-13(12)25-17(18)19)6-20-10-2-3-11(23)16(15(9)10)14-7-21-22-26-14/h4-7,10-11,15-17,23H,2-3H2,1H3. The molecule has 138 valence electrons. The van der Waals surface area contributed by atoms with Gasteiger partial charge in [0.2, 0.25) is 0 Å². The third-order valence-corrected chi connectivity index (χ3v) is 5.03.